The summed E-state index contributed by atoms with van der Waals surface area (Å²) >= 11 is 0. The molecule has 8 nitrogen and oxygen atoms in total. The van der Waals surface area contributed by atoms with Crippen LogP contribution in [0.15, 0.2) is 53.7 Å². The van der Waals surface area contributed by atoms with Gasteiger partial charge in [-0.05, 0) is 37.1 Å². The molecule has 184 valence electrons. The molecule has 0 unspecified atom stereocenters. The van der Waals surface area contributed by atoms with Crippen LogP contribution in [0.3, 0.4) is 0 Å². The van der Waals surface area contributed by atoms with E-state index >= 15 is 0 Å². The molecule has 4 aromatic heterocycles. The second-order valence-electron chi connectivity index (χ2n) is 10.1. The fourth-order valence-electron chi connectivity index (χ4n) is 5.07. The molecule has 0 aliphatic heterocycles. The average Bonchev–Trinajstić information content (AvgIpc) is 3.75. The highest BCUT2D eigenvalue weighted by Gasteiger charge is 2.56. The number of halogens is 2. The highest BCUT2D eigenvalue weighted by molar-refractivity contribution is 5.95. The van der Waals surface area contributed by atoms with Crippen LogP contribution >= 0.6 is 0 Å². The molecule has 1 aromatic carbocycles. The average molecular weight is 498 g/mol. The van der Waals surface area contributed by atoms with E-state index in [1.807, 2.05) is 31.4 Å². The molecule has 4 heterocycles. The van der Waals surface area contributed by atoms with Crippen LogP contribution in [0.25, 0.3) is 38.8 Å². The largest absolute Gasteiger partial charge is 0.344 e. The Bertz CT molecular complexity index is 1820. The van der Waals surface area contributed by atoms with Gasteiger partial charge in [0.15, 0.2) is 0 Å². The molecule has 2 saturated carbocycles. The Balaban J connectivity index is 1.49. The number of aryl methyl sites for hydroxylation is 1. The monoisotopic (exact) mass is 497 g/mol. The third-order valence-corrected chi connectivity index (χ3v) is 7.31. The summed E-state index contributed by atoms with van der Waals surface area (Å²) in [5.74, 6) is -3.13. The van der Waals surface area contributed by atoms with Gasteiger partial charge in [-0.2, -0.15) is 20.1 Å². The number of hydrogen-bond donors (Lipinski definition) is 0. The van der Waals surface area contributed by atoms with Gasteiger partial charge in [-0.1, -0.05) is 6.07 Å². The van der Waals surface area contributed by atoms with Crippen molar-refractivity contribution in [1.29, 1.82) is 5.26 Å². The van der Waals surface area contributed by atoms with E-state index in [2.05, 4.69) is 21.3 Å². The standard InChI is InChI=1S/C27H21F2N7O/c1-34-12-17-8-20(5-7-22(17)32-34)36-26(37)23(16-4-6-21(31-11-16)15-2-3-15)25-24(33-36)18(10-30)13-35(25)14-19-9-27(19,28)29/h4-8,11-13,15,19H,2-3,9,14H2,1H3/t19-/m1/s1. The van der Waals surface area contributed by atoms with Crippen molar-refractivity contribution >= 4 is 21.9 Å². The Morgan fingerprint density at radius 1 is 1.16 bits per heavy atom. The summed E-state index contributed by atoms with van der Waals surface area (Å²) in [7, 11) is 1.82. The van der Waals surface area contributed by atoms with Crippen LogP contribution in [0.4, 0.5) is 8.78 Å². The first-order valence-electron chi connectivity index (χ1n) is 12.2. The molecular formula is C27H21F2N7O. The van der Waals surface area contributed by atoms with E-state index < -0.39 is 17.4 Å². The van der Waals surface area contributed by atoms with Crippen molar-refractivity contribution < 1.29 is 8.78 Å². The van der Waals surface area contributed by atoms with Crippen LogP contribution in [0, 0.1) is 17.2 Å². The summed E-state index contributed by atoms with van der Waals surface area (Å²) in [5, 5.41) is 19.7. The molecule has 37 heavy (non-hydrogen) atoms. The van der Waals surface area contributed by atoms with Crippen LogP contribution < -0.4 is 5.56 Å². The van der Waals surface area contributed by atoms with Gasteiger partial charge in [-0.25, -0.2) is 8.78 Å². The quantitative estimate of drug-likeness (QED) is 0.355. The second kappa shape index (κ2) is 7.56. The smallest absolute Gasteiger partial charge is 0.281 e. The van der Waals surface area contributed by atoms with Crippen LogP contribution in [-0.2, 0) is 13.6 Å². The summed E-state index contributed by atoms with van der Waals surface area (Å²) in [6.45, 7) is -0.00144. The predicted octanol–water partition coefficient (Wildman–Crippen LogP) is 4.54. The molecule has 0 radical (unpaired) electrons. The fraction of sp³-hybridized carbons (Fsp3) is 0.296. The lowest BCUT2D eigenvalue weighted by Crippen LogP contribution is -2.24. The molecule has 0 saturated heterocycles. The number of hydrogen-bond acceptors (Lipinski definition) is 5. The molecule has 1 atom stereocenters. The molecule has 10 heteroatoms. The molecule has 0 spiro atoms. The highest BCUT2D eigenvalue weighted by Crippen LogP contribution is 2.50. The number of nitrogens with zero attached hydrogens (tertiary/aromatic N) is 7. The Hall–Kier alpha value is -4.39. The van der Waals surface area contributed by atoms with Gasteiger partial charge in [0.1, 0.15) is 11.6 Å². The number of rotatable bonds is 5. The summed E-state index contributed by atoms with van der Waals surface area (Å²) in [6, 6.07) is 11.3. The summed E-state index contributed by atoms with van der Waals surface area (Å²) in [4.78, 5) is 18.6. The zero-order chi connectivity index (χ0) is 25.5. The van der Waals surface area contributed by atoms with Gasteiger partial charge in [0, 0.05) is 67.1 Å². The Morgan fingerprint density at radius 2 is 1.97 bits per heavy atom. The minimum Gasteiger partial charge on any atom is -0.344 e. The first-order chi connectivity index (χ1) is 17.8. The van der Waals surface area contributed by atoms with E-state index in [-0.39, 0.29) is 24.1 Å². The van der Waals surface area contributed by atoms with E-state index in [0.717, 1.165) is 29.4 Å². The number of fused-ring (bicyclic) bond motifs is 2. The zero-order valence-corrected chi connectivity index (χ0v) is 19.9. The van der Waals surface area contributed by atoms with Crippen molar-refractivity contribution in [3.8, 4) is 22.9 Å². The predicted molar refractivity (Wildman–Crippen MR) is 133 cm³/mol. The second-order valence-corrected chi connectivity index (χ2v) is 10.1. The number of aromatic nitrogens is 6. The molecule has 0 bridgehead atoms. The number of nitriles is 1. The molecule has 2 fully saturated rings. The van der Waals surface area contributed by atoms with Crippen molar-refractivity contribution in [2.45, 2.75) is 37.6 Å². The molecular weight excluding hydrogens is 476 g/mol. The Kier molecular flexibility index (Phi) is 4.46. The van der Waals surface area contributed by atoms with Gasteiger partial charge in [0.25, 0.3) is 11.5 Å². The van der Waals surface area contributed by atoms with E-state index in [4.69, 9.17) is 0 Å². The van der Waals surface area contributed by atoms with Crippen molar-refractivity contribution in [2.24, 2.45) is 13.0 Å². The van der Waals surface area contributed by atoms with Crippen LogP contribution in [0.5, 0.6) is 0 Å². The topological polar surface area (TPSA) is 94.3 Å². The molecule has 2 aliphatic rings. The first-order valence-corrected chi connectivity index (χ1v) is 12.2. The number of benzene rings is 1. The third-order valence-electron chi connectivity index (χ3n) is 7.31. The lowest BCUT2D eigenvalue weighted by Gasteiger charge is -2.13. The van der Waals surface area contributed by atoms with Crippen molar-refractivity contribution in [3.05, 3.63) is 70.5 Å². The van der Waals surface area contributed by atoms with Crippen molar-refractivity contribution in [1.82, 2.24) is 29.1 Å². The minimum absolute atomic E-state index is 0.00144. The molecule has 0 amide bonds. The number of alkyl halides is 2. The maximum Gasteiger partial charge on any atom is 0.281 e. The lowest BCUT2D eigenvalue weighted by molar-refractivity contribution is 0.0954. The summed E-state index contributed by atoms with van der Waals surface area (Å²) < 4.78 is 32.2. The van der Waals surface area contributed by atoms with E-state index in [1.54, 1.807) is 27.6 Å². The van der Waals surface area contributed by atoms with Gasteiger partial charge in [0.2, 0.25) is 0 Å². The summed E-state index contributed by atoms with van der Waals surface area (Å²) in [6.07, 6.45) is 7.01. The zero-order valence-electron chi connectivity index (χ0n) is 19.9. The first kappa shape index (κ1) is 21.9. The highest BCUT2D eigenvalue weighted by atomic mass is 19.3. The maximum atomic E-state index is 14.0. The Labute approximate surface area is 209 Å². The van der Waals surface area contributed by atoms with Crippen LogP contribution in [-0.4, -0.2) is 35.0 Å². The lowest BCUT2D eigenvalue weighted by atomic mass is 10.1. The van der Waals surface area contributed by atoms with Crippen LogP contribution in [0.1, 0.15) is 36.4 Å². The SMILES string of the molecule is Cn1cc2cc(-n3nc4c(C#N)cn(C[C@H]5CC5(F)F)c4c(-c4ccc(C5CC5)nc4)c3=O)ccc2n1. The molecule has 5 aromatic rings. The fourth-order valence-corrected chi connectivity index (χ4v) is 5.07. The van der Waals surface area contributed by atoms with Gasteiger partial charge >= 0.3 is 0 Å². The Morgan fingerprint density at radius 3 is 2.65 bits per heavy atom. The van der Waals surface area contributed by atoms with E-state index in [1.165, 1.54) is 10.9 Å². The van der Waals surface area contributed by atoms with E-state index in [9.17, 15) is 18.8 Å². The molecule has 0 N–H and O–H groups in total. The number of pyridine rings is 1. The normalized spacial score (nSPS) is 18.4. The van der Waals surface area contributed by atoms with Crippen molar-refractivity contribution in [3.63, 3.8) is 0 Å². The van der Waals surface area contributed by atoms with Gasteiger partial charge in [-0.15, -0.1) is 0 Å². The van der Waals surface area contributed by atoms with Gasteiger partial charge in [-0.3, -0.25) is 14.5 Å². The van der Waals surface area contributed by atoms with Gasteiger partial charge in [0.05, 0.1) is 27.8 Å². The van der Waals surface area contributed by atoms with Crippen molar-refractivity contribution in [2.75, 3.05) is 0 Å². The molecule has 7 rings (SSSR count). The molecule has 2 aliphatic carbocycles. The van der Waals surface area contributed by atoms with Gasteiger partial charge < -0.3 is 4.57 Å². The van der Waals surface area contributed by atoms with Crippen LogP contribution in [0.2, 0.25) is 0 Å². The minimum atomic E-state index is -2.74. The maximum absolute atomic E-state index is 14.0. The van der Waals surface area contributed by atoms with E-state index in [0.29, 0.717) is 28.2 Å². The third kappa shape index (κ3) is 3.53. The summed E-state index contributed by atoms with van der Waals surface area (Å²) in [5.41, 5.74) is 3.59.